The number of nitrogens with zero attached hydrogens (tertiary/aromatic N) is 3. The fraction of sp³-hybridized carbons (Fsp3) is 0.769. The molecular formula is C13H23N3O2. The monoisotopic (exact) mass is 253 g/mol. The number of piperidine rings is 1. The van der Waals surface area contributed by atoms with Crippen LogP contribution in [0.1, 0.15) is 38.4 Å². The first-order valence-electron chi connectivity index (χ1n) is 6.51. The second kappa shape index (κ2) is 4.90. The molecule has 2 rings (SSSR count). The molecule has 1 aromatic rings. The Kier molecular flexibility index (Phi) is 3.64. The molecule has 1 saturated heterocycles. The molecule has 1 aliphatic rings. The molecule has 5 heteroatoms. The maximum absolute atomic E-state index is 11.0. The first kappa shape index (κ1) is 13.4. The number of aromatic nitrogens is 2. The van der Waals surface area contributed by atoms with E-state index in [9.17, 15) is 5.11 Å². The Bertz CT molecular complexity index is 416. The molecule has 1 unspecified atom stereocenters. The van der Waals surface area contributed by atoms with E-state index in [1.165, 1.54) is 0 Å². The maximum atomic E-state index is 11.0. The molecule has 1 fully saturated rings. The summed E-state index contributed by atoms with van der Waals surface area (Å²) in [5.74, 6) is 0.682. The molecule has 18 heavy (non-hydrogen) atoms. The van der Waals surface area contributed by atoms with E-state index in [-0.39, 0.29) is 6.04 Å². The van der Waals surface area contributed by atoms with Gasteiger partial charge in [0.1, 0.15) is 11.3 Å². The summed E-state index contributed by atoms with van der Waals surface area (Å²) in [7, 11) is 3.66. The third-order valence-electron chi connectivity index (χ3n) is 3.57. The molecule has 2 heterocycles. The van der Waals surface area contributed by atoms with Crippen LogP contribution in [0.4, 0.5) is 0 Å². The van der Waals surface area contributed by atoms with Crippen LogP contribution in [0.2, 0.25) is 0 Å². The smallest absolute Gasteiger partial charge is 0.163 e. The van der Waals surface area contributed by atoms with Crippen LogP contribution in [0.15, 0.2) is 6.20 Å². The highest BCUT2D eigenvalue weighted by atomic mass is 16.5. The van der Waals surface area contributed by atoms with Gasteiger partial charge in [-0.1, -0.05) is 0 Å². The number of hydrogen-bond donors (Lipinski definition) is 1. The van der Waals surface area contributed by atoms with E-state index in [0.717, 1.165) is 25.1 Å². The average molecular weight is 253 g/mol. The summed E-state index contributed by atoms with van der Waals surface area (Å²) in [5, 5.41) is 15.3. The number of likely N-dealkylation sites (tertiary alicyclic amines) is 1. The van der Waals surface area contributed by atoms with Crippen molar-refractivity contribution in [3.8, 4) is 5.75 Å². The van der Waals surface area contributed by atoms with E-state index in [4.69, 9.17) is 4.74 Å². The van der Waals surface area contributed by atoms with Crippen LogP contribution in [0, 0.1) is 0 Å². The zero-order valence-electron chi connectivity index (χ0n) is 11.7. The number of methoxy groups -OCH3 is 1. The molecule has 1 aromatic heterocycles. The van der Waals surface area contributed by atoms with Gasteiger partial charge in [0.25, 0.3) is 0 Å². The SMILES string of the molecule is COc1cnn(C(C)C)c1C1(O)CCCN(C)C1. The van der Waals surface area contributed by atoms with Gasteiger partial charge in [0.15, 0.2) is 5.75 Å². The summed E-state index contributed by atoms with van der Waals surface area (Å²) in [6.45, 7) is 5.78. The Hall–Kier alpha value is -1.07. The normalized spacial score (nSPS) is 25.7. The molecule has 102 valence electrons. The lowest BCUT2D eigenvalue weighted by atomic mass is 9.89. The fourth-order valence-electron chi connectivity index (χ4n) is 2.77. The predicted octanol–water partition coefficient (Wildman–Crippen LogP) is 1.39. The number of aliphatic hydroxyl groups is 1. The van der Waals surface area contributed by atoms with Gasteiger partial charge >= 0.3 is 0 Å². The average Bonchev–Trinajstić information content (AvgIpc) is 2.73. The second-order valence-electron chi connectivity index (χ2n) is 5.47. The summed E-state index contributed by atoms with van der Waals surface area (Å²) in [4.78, 5) is 2.15. The zero-order valence-corrected chi connectivity index (χ0v) is 11.7. The first-order chi connectivity index (χ1) is 8.48. The lowest BCUT2D eigenvalue weighted by Gasteiger charge is -2.38. The molecule has 0 amide bonds. The summed E-state index contributed by atoms with van der Waals surface area (Å²) < 4.78 is 7.24. The molecule has 5 nitrogen and oxygen atoms in total. The summed E-state index contributed by atoms with van der Waals surface area (Å²) in [6, 6.07) is 0.208. The third kappa shape index (κ3) is 2.24. The van der Waals surface area contributed by atoms with E-state index >= 15 is 0 Å². The Morgan fingerprint density at radius 1 is 1.50 bits per heavy atom. The van der Waals surface area contributed by atoms with E-state index in [1.807, 2.05) is 11.7 Å². The molecule has 1 N–H and O–H groups in total. The van der Waals surface area contributed by atoms with Crippen LogP contribution in [0.3, 0.4) is 0 Å². The van der Waals surface area contributed by atoms with Crippen molar-refractivity contribution >= 4 is 0 Å². The Morgan fingerprint density at radius 3 is 2.78 bits per heavy atom. The molecule has 0 bridgehead atoms. The summed E-state index contributed by atoms with van der Waals surface area (Å²) in [6.07, 6.45) is 3.44. The summed E-state index contributed by atoms with van der Waals surface area (Å²) in [5.41, 5.74) is -0.0504. The second-order valence-corrected chi connectivity index (χ2v) is 5.47. The topological polar surface area (TPSA) is 50.5 Å². The number of hydrogen-bond acceptors (Lipinski definition) is 4. The zero-order chi connectivity index (χ0) is 13.3. The van der Waals surface area contributed by atoms with Gasteiger partial charge in [-0.05, 0) is 40.3 Å². The van der Waals surface area contributed by atoms with E-state index in [2.05, 4.69) is 23.8 Å². The van der Waals surface area contributed by atoms with Crippen LogP contribution in [0.25, 0.3) is 0 Å². The molecule has 0 spiro atoms. The highest BCUT2D eigenvalue weighted by molar-refractivity contribution is 5.32. The predicted molar refractivity (Wildman–Crippen MR) is 69.8 cm³/mol. The summed E-state index contributed by atoms with van der Waals surface area (Å²) >= 11 is 0. The van der Waals surface area contributed by atoms with Gasteiger partial charge < -0.3 is 14.7 Å². The molecule has 1 atom stereocenters. The van der Waals surface area contributed by atoms with Crippen LogP contribution in [0.5, 0.6) is 5.75 Å². The maximum Gasteiger partial charge on any atom is 0.163 e. The van der Waals surface area contributed by atoms with Crippen molar-refractivity contribution in [3.05, 3.63) is 11.9 Å². The third-order valence-corrected chi connectivity index (χ3v) is 3.57. The van der Waals surface area contributed by atoms with Crippen LogP contribution >= 0.6 is 0 Å². The molecule has 0 radical (unpaired) electrons. The fourth-order valence-corrected chi connectivity index (χ4v) is 2.77. The van der Waals surface area contributed by atoms with Crippen LogP contribution < -0.4 is 4.74 Å². The minimum absolute atomic E-state index is 0.208. The number of likely N-dealkylation sites (N-methyl/N-ethyl adjacent to an activating group) is 1. The lowest BCUT2D eigenvalue weighted by molar-refractivity contribution is -0.0368. The first-order valence-corrected chi connectivity index (χ1v) is 6.51. The number of β-amino-alcohol motifs (C(OH)–C–C–N with tert-alkyl or cyclic N) is 1. The van der Waals surface area contributed by atoms with Crippen LogP contribution in [-0.4, -0.2) is 47.0 Å². The molecule has 0 aliphatic carbocycles. The molecule has 0 aromatic carbocycles. The van der Waals surface area contributed by atoms with Crippen molar-refractivity contribution in [3.63, 3.8) is 0 Å². The minimum atomic E-state index is -0.862. The molecular weight excluding hydrogens is 230 g/mol. The number of ether oxygens (including phenoxy) is 1. The Labute approximate surface area is 108 Å². The van der Waals surface area contributed by atoms with E-state index in [1.54, 1.807) is 13.3 Å². The van der Waals surface area contributed by atoms with Crippen molar-refractivity contribution in [1.29, 1.82) is 0 Å². The van der Waals surface area contributed by atoms with Crippen molar-refractivity contribution in [2.24, 2.45) is 0 Å². The van der Waals surface area contributed by atoms with Crippen molar-refractivity contribution in [2.45, 2.75) is 38.3 Å². The van der Waals surface area contributed by atoms with E-state index < -0.39 is 5.60 Å². The van der Waals surface area contributed by atoms with Gasteiger partial charge in [-0.2, -0.15) is 5.10 Å². The minimum Gasteiger partial charge on any atom is -0.493 e. The number of rotatable bonds is 3. The van der Waals surface area contributed by atoms with Gasteiger partial charge in [-0.25, -0.2) is 0 Å². The largest absolute Gasteiger partial charge is 0.493 e. The van der Waals surface area contributed by atoms with Gasteiger partial charge in [0, 0.05) is 12.6 Å². The molecule has 1 aliphatic heterocycles. The highest BCUT2D eigenvalue weighted by Gasteiger charge is 2.39. The highest BCUT2D eigenvalue weighted by Crippen LogP contribution is 2.37. The van der Waals surface area contributed by atoms with Crippen molar-refractivity contribution in [2.75, 3.05) is 27.2 Å². The quantitative estimate of drug-likeness (QED) is 0.884. The van der Waals surface area contributed by atoms with Gasteiger partial charge in [0.05, 0.1) is 13.3 Å². The standard InChI is InChI=1S/C13H23N3O2/c1-10(2)16-12(11(18-4)8-14-16)13(17)6-5-7-15(3)9-13/h8,10,17H,5-7,9H2,1-4H3. The van der Waals surface area contributed by atoms with Gasteiger partial charge in [-0.3, -0.25) is 4.68 Å². The van der Waals surface area contributed by atoms with Crippen LogP contribution in [-0.2, 0) is 5.60 Å². The van der Waals surface area contributed by atoms with Crippen molar-refractivity contribution in [1.82, 2.24) is 14.7 Å². The van der Waals surface area contributed by atoms with Gasteiger partial charge in [-0.15, -0.1) is 0 Å². The van der Waals surface area contributed by atoms with Crippen molar-refractivity contribution < 1.29 is 9.84 Å². The Balaban J connectivity index is 2.44. The molecule has 0 saturated carbocycles. The van der Waals surface area contributed by atoms with E-state index in [0.29, 0.717) is 12.3 Å². The van der Waals surface area contributed by atoms with Gasteiger partial charge in [0.2, 0.25) is 0 Å². The lowest BCUT2D eigenvalue weighted by Crippen LogP contribution is -2.45. The Morgan fingerprint density at radius 2 is 2.22 bits per heavy atom.